The lowest BCUT2D eigenvalue weighted by Gasteiger charge is -2.27. The fourth-order valence-electron chi connectivity index (χ4n) is 1.53. The monoisotopic (exact) mass is 242 g/mol. The minimum absolute atomic E-state index is 0. The SMILES string of the molecule is CC(=O)c1cnc(N2CCNCC2)nc1.Cl. The number of ketones is 1. The van der Waals surface area contributed by atoms with E-state index in [0.29, 0.717) is 11.5 Å². The molecule has 0 unspecified atom stereocenters. The number of carbonyl (C=O) groups is 1. The van der Waals surface area contributed by atoms with E-state index in [-0.39, 0.29) is 18.2 Å². The van der Waals surface area contributed by atoms with Crippen molar-refractivity contribution in [1.82, 2.24) is 15.3 Å². The van der Waals surface area contributed by atoms with Gasteiger partial charge in [0.25, 0.3) is 0 Å². The maximum absolute atomic E-state index is 11.0. The molecule has 88 valence electrons. The molecule has 1 aromatic rings. The normalized spacial score (nSPS) is 15.4. The molecule has 6 heteroatoms. The molecule has 0 amide bonds. The van der Waals surface area contributed by atoms with E-state index >= 15 is 0 Å². The van der Waals surface area contributed by atoms with E-state index in [4.69, 9.17) is 0 Å². The average Bonchev–Trinajstić information content (AvgIpc) is 2.30. The predicted octanol–water partition coefficient (Wildman–Crippen LogP) is 0.511. The van der Waals surface area contributed by atoms with Crippen LogP contribution in [0.2, 0.25) is 0 Å². The molecule has 0 atom stereocenters. The average molecular weight is 243 g/mol. The van der Waals surface area contributed by atoms with Crippen molar-refractivity contribution in [3.63, 3.8) is 0 Å². The fourth-order valence-corrected chi connectivity index (χ4v) is 1.53. The third-order valence-electron chi connectivity index (χ3n) is 2.44. The van der Waals surface area contributed by atoms with Crippen LogP contribution in [0.1, 0.15) is 17.3 Å². The molecule has 0 aliphatic carbocycles. The van der Waals surface area contributed by atoms with Crippen LogP contribution in [0.5, 0.6) is 0 Å². The number of anilines is 1. The van der Waals surface area contributed by atoms with Crippen LogP contribution in [0.25, 0.3) is 0 Å². The van der Waals surface area contributed by atoms with Crippen molar-refractivity contribution in [2.45, 2.75) is 6.92 Å². The van der Waals surface area contributed by atoms with Crippen molar-refractivity contribution in [1.29, 1.82) is 0 Å². The van der Waals surface area contributed by atoms with Gasteiger partial charge in [0, 0.05) is 38.6 Å². The maximum Gasteiger partial charge on any atom is 0.225 e. The smallest absolute Gasteiger partial charge is 0.225 e. The zero-order chi connectivity index (χ0) is 10.7. The third kappa shape index (κ3) is 2.90. The van der Waals surface area contributed by atoms with Crippen LogP contribution in [0.4, 0.5) is 5.95 Å². The van der Waals surface area contributed by atoms with E-state index in [1.54, 1.807) is 12.4 Å². The molecule has 1 N–H and O–H groups in total. The lowest BCUT2D eigenvalue weighted by Crippen LogP contribution is -2.44. The molecule has 1 aliphatic rings. The molecule has 0 radical (unpaired) electrons. The van der Waals surface area contributed by atoms with Gasteiger partial charge in [0.15, 0.2) is 5.78 Å². The summed E-state index contributed by atoms with van der Waals surface area (Å²) in [5, 5.41) is 3.26. The molecule has 0 bridgehead atoms. The van der Waals surface area contributed by atoms with Crippen molar-refractivity contribution >= 4 is 24.1 Å². The first-order chi connectivity index (χ1) is 7.27. The highest BCUT2D eigenvalue weighted by molar-refractivity contribution is 5.93. The van der Waals surface area contributed by atoms with E-state index in [0.717, 1.165) is 26.2 Å². The number of aromatic nitrogens is 2. The molecule has 0 spiro atoms. The van der Waals surface area contributed by atoms with Crippen molar-refractivity contribution in [2.75, 3.05) is 31.1 Å². The van der Waals surface area contributed by atoms with Gasteiger partial charge < -0.3 is 10.2 Å². The molecule has 1 aliphatic heterocycles. The minimum Gasteiger partial charge on any atom is -0.338 e. The predicted molar refractivity (Wildman–Crippen MR) is 64.4 cm³/mol. The highest BCUT2D eigenvalue weighted by Crippen LogP contribution is 2.07. The Balaban J connectivity index is 0.00000128. The van der Waals surface area contributed by atoms with Crippen LogP contribution in [0, 0.1) is 0 Å². The van der Waals surface area contributed by atoms with Crippen LogP contribution in [-0.4, -0.2) is 41.9 Å². The van der Waals surface area contributed by atoms with Gasteiger partial charge in [-0.05, 0) is 6.92 Å². The molecule has 1 aromatic heterocycles. The van der Waals surface area contributed by atoms with Gasteiger partial charge in [-0.25, -0.2) is 9.97 Å². The molecule has 2 rings (SSSR count). The van der Waals surface area contributed by atoms with E-state index in [2.05, 4.69) is 20.2 Å². The number of rotatable bonds is 2. The second kappa shape index (κ2) is 5.77. The quantitative estimate of drug-likeness (QED) is 0.766. The number of nitrogens with zero attached hydrogens (tertiary/aromatic N) is 3. The van der Waals surface area contributed by atoms with Crippen LogP contribution < -0.4 is 10.2 Å². The van der Waals surface area contributed by atoms with Gasteiger partial charge >= 0.3 is 0 Å². The van der Waals surface area contributed by atoms with E-state index < -0.39 is 0 Å². The van der Waals surface area contributed by atoms with Gasteiger partial charge in [-0.3, -0.25) is 4.79 Å². The van der Waals surface area contributed by atoms with E-state index in [1.807, 2.05) is 0 Å². The van der Waals surface area contributed by atoms with Crippen molar-refractivity contribution < 1.29 is 4.79 Å². The minimum atomic E-state index is 0. The van der Waals surface area contributed by atoms with Gasteiger partial charge in [-0.2, -0.15) is 0 Å². The third-order valence-corrected chi connectivity index (χ3v) is 2.44. The lowest BCUT2D eigenvalue weighted by atomic mass is 10.2. The summed E-state index contributed by atoms with van der Waals surface area (Å²) in [5.74, 6) is 0.711. The molecule has 1 fully saturated rings. The number of halogens is 1. The summed E-state index contributed by atoms with van der Waals surface area (Å²) < 4.78 is 0. The van der Waals surface area contributed by atoms with E-state index in [1.165, 1.54) is 6.92 Å². The van der Waals surface area contributed by atoms with Crippen molar-refractivity contribution in [3.05, 3.63) is 18.0 Å². The number of piperazine rings is 1. The Morgan fingerprint density at radius 3 is 2.38 bits per heavy atom. The zero-order valence-corrected chi connectivity index (χ0v) is 9.96. The van der Waals surface area contributed by atoms with Crippen LogP contribution in [-0.2, 0) is 0 Å². The number of nitrogens with one attached hydrogen (secondary N) is 1. The first-order valence-corrected chi connectivity index (χ1v) is 5.06. The van der Waals surface area contributed by atoms with Gasteiger partial charge in [0.2, 0.25) is 5.95 Å². The Morgan fingerprint density at radius 2 is 1.88 bits per heavy atom. The molecule has 5 nitrogen and oxygen atoms in total. The Bertz CT molecular complexity index is 348. The second-order valence-electron chi connectivity index (χ2n) is 3.56. The summed E-state index contributed by atoms with van der Waals surface area (Å²) in [5.41, 5.74) is 0.564. The van der Waals surface area contributed by atoms with Crippen LogP contribution in [0.15, 0.2) is 12.4 Å². The van der Waals surface area contributed by atoms with Gasteiger partial charge in [0.1, 0.15) is 0 Å². The Morgan fingerprint density at radius 1 is 1.31 bits per heavy atom. The Labute approximate surface area is 101 Å². The number of hydrogen-bond acceptors (Lipinski definition) is 5. The first-order valence-electron chi connectivity index (χ1n) is 5.06. The topological polar surface area (TPSA) is 58.1 Å². The molecule has 2 heterocycles. The highest BCUT2D eigenvalue weighted by atomic mass is 35.5. The molecule has 0 aromatic carbocycles. The zero-order valence-electron chi connectivity index (χ0n) is 9.14. The Hall–Kier alpha value is -1.20. The summed E-state index contributed by atoms with van der Waals surface area (Å²) in [6, 6.07) is 0. The molecule has 0 saturated carbocycles. The lowest BCUT2D eigenvalue weighted by molar-refractivity contribution is 0.101. The molecule has 1 saturated heterocycles. The number of hydrogen-bond donors (Lipinski definition) is 1. The second-order valence-corrected chi connectivity index (χ2v) is 3.56. The van der Waals surface area contributed by atoms with Gasteiger partial charge in [-0.1, -0.05) is 0 Å². The summed E-state index contributed by atoms with van der Waals surface area (Å²) >= 11 is 0. The van der Waals surface area contributed by atoms with Gasteiger partial charge in [-0.15, -0.1) is 12.4 Å². The fraction of sp³-hybridized carbons (Fsp3) is 0.500. The number of Topliss-reactive ketones (excluding diaryl/α,β-unsaturated/α-hetero) is 1. The van der Waals surface area contributed by atoms with Crippen LogP contribution >= 0.6 is 12.4 Å². The van der Waals surface area contributed by atoms with Crippen molar-refractivity contribution in [3.8, 4) is 0 Å². The van der Waals surface area contributed by atoms with Crippen LogP contribution in [0.3, 0.4) is 0 Å². The standard InChI is InChI=1S/C10H14N4O.ClH/c1-8(15)9-6-12-10(13-7-9)14-4-2-11-3-5-14;/h6-7,11H,2-5H2,1H3;1H. The maximum atomic E-state index is 11.0. The largest absolute Gasteiger partial charge is 0.338 e. The summed E-state index contributed by atoms with van der Waals surface area (Å²) in [6.07, 6.45) is 3.18. The summed E-state index contributed by atoms with van der Waals surface area (Å²) in [7, 11) is 0. The molecular weight excluding hydrogens is 228 g/mol. The van der Waals surface area contributed by atoms with Gasteiger partial charge in [0.05, 0.1) is 5.56 Å². The number of carbonyl (C=O) groups excluding carboxylic acids is 1. The highest BCUT2D eigenvalue weighted by Gasteiger charge is 2.12. The molecule has 16 heavy (non-hydrogen) atoms. The van der Waals surface area contributed by atoms with E-state index in [9.17, 15) is 4.79 Å². The summed E-state index contributed by atoms with van der Waals surface area (Å²) in [6.45, 7) is 5.26. The Kier molecular flexibility index (Phi) is 4.64. The summed E-state index contributed by atoms with van der Waals surface area (Å²) in [4.78, 5) is 21.5. The molecular formula is C10H15ClN4O. The van der Waals surface area contributed by atoms with Crippen molar-refractivity contribution in [2.24, 2.45) is 0 Å². The first kappa shape index (κ1) is 12.9.